The molecule has 148 valence electrons. The molecule has 0 atom stereocenters. The average molecular weight is 393 g/mol. The zero-order valence-corrected chi connectivity index (χ0v) is 16.7. The Balaban J connectivity index is 1.50. The number of carbonyl (C=O) groups is 1. The van der Waals surface area contributed by atoms with Crippen molar-refractivity contribution < 1.29 is 13.2 Å². The van der Waals surface area contributed by atoms with Crippen LogP contribution in [0.5, 0.6) is 0 Å². The van der Waals surface area contributed by atoms with Crippen LogP contribution in [0.25, 0.3) is 0 Å². The number of sulfone groups is 1. The highest BCUT2D eigenvalue weighted by Crippen LogP contribution is 2.17. The third-order valence-corrected chi connectivity index (χ3v) is 6.68. The molecule has 0 radical (unpaired) electrons. The first-order chi connectivity index (χ1) is 12.8. The molecule has 1 aromatic rings. The maximum atomic E-state index is 12.5. The molecule has 27 heavy (non-hydrogen) atoms. The van der Waals surface area contributed by atoms with Gasteiger partial charge in [-0.3, -0.25) is 9.69 Å². The lowest BCUT2D eigenvalue weighted by molar-refractivity contribution is 0.0770. The standard InChI is InChI=1S/C19H28N4O3S/c1-15(2)14-22-7-5-17(6-8-22)21-18-4-3-16(13-20-18)19(24)23-9-11-27(25,26)12-10-23/h3-4,13,17H,1,5-12,14H2,2H3,(H,20,21). The van der Waals surface area contributed by atoms with Crippen LogP contribution in [0.1, 0.15) is 30.1 Å². The van der Waals surface area contributed by atoms with Crippen molar-refractivity contribution in [1.29, 1.82) is 0 Å². The molecule has 1 amide bonds. The zero-order valence-electron chi connectivity index (χ0n) is 15.9. The second kappa shape index (κ2) is 8.39. The Kier molecular flexibility index (Phi) is 6.16. The minimum Gasteiger partial charge on any atom is -0.367 e. The van der Waals surface area contributed by atoms with Gasteiger partial charge in [0, 0.05) is 45.0 Å². The van der Waals surface area contributed by atoms with Gasteiger partial charge < -0.3 is 10.2 Å². The van der Waals surface area contributed by atoms with E-state index in [0.717, 1.165) is 38.3 Å². The largest absolute Gasteiger partial charge is 0.367 e. The van der Waals surface area contributed by atoms with Gasteiger partial charge in [0.25, 0.3) is 5.91 Å². The first kappa shape index (κ1) is 19.8. The molecule has 0 bridgehead atoms. The number of amides is 1. The molecule has 0 spiro atoms. The lowest BCUT2D eigenvalue weighted by Gasteiger charge is -2.32. The van der Waals surface area contributed by atoms with E-state index in [9.17, 15) is 13.2 Å². The van der Waals surface area contributed by atoms with Crippen molar-refractivity contribution in [2.75, 3.05) is 49.5 Å². The fourth-order valence-corrected chi connectivity index (χ4v) is 4.73. The summed E-state index contributed by atoms with van der Waals surface area (Å²) < 4.78 is 23.0. The van der Waals surface area contributed by atoms with Crippen LogP contribution < -0.4 is 5.32 Å². The Labute approximate surface area is 161 Å². The molecule has 0 aromatic carbocycles. The van der Waals surface area contributed by atoms with Crippen molar-refractivity contribution >= 4 is 21.6 Å². The average Bonchev–Trinajstić information content (AvgIpc) is 2.63. The summed E-state index contributed by atoms with van der Waals surface area (Å²) in [6, 6.07) is 3.97. The van der Waals surface area contributed by atoms with Crippen LogP contribution in [0.15, 0.2) is 30.5 Å². The van der Waals surface area contributed by atoms with Gasteiger partial charge in [0.05, 0.1) is 17.1 Å². The first-order valence-electron chi connectivity index (χ1n) is 9.41. The molecule has 3 rings (SSSR count). The zero-order chi connectivity index (χ0) is 19.4. The van der Waals surface area contributed by atoms with Crippen molar-refractivity contribution in [2.24, 2.45) is 0 Å². The van der Waals surface area contributed by atoms with Crippen molar-refractivity contribution in [3.63, 3.8) is 0 Å². The third-order valence-electron chi connectivity index (χ3n) is 5.08. The number of hydrogen-bond donors (Lipinski definition) is 1. The van der Waals surface area contributed by atoms with E-state index in [-0.39, 0.29) is 30.5 Å². The Hall–Kier alpha value is -1.93. The summed E-state index contributed by atoms with van der Waals surface area (Å²) in [6.45, 7) is 9.57. The van der Waals surface area contributed by atoms with Crippen LogP contribution in [-0.2, 0) is 9.84 Å². The lowest BCUT2D eigenvalue weighted by Crippen LogP contribution is -2.43. The Bertz CT molecular complexity index is 770. The number of pyridine rings is 1. The minimum absolute atomic E-state index is 0.0376. The minimum atomic E-state index is -2.99. The van der Waals surface area contributed by atoms with Gasteiger partial charge in [0.2, 0.25) is 0 Å². The summed E-state index contributed by atoms with van der Waals surface area (Å²) in [7, 11) is -2.99. The van der Waals surface area contributed by atoms with E-state index >= 15 is 0 Å². The van der Waals surface area contributed by atoms with Crippen molar-refractivity contribution in [2.45, 2.75) is 25.8 Å². The molecule has 3 heterocycles. The van der Waals surface area contributed by atoms with Gasteiger partial charge in [-0.25, -0.2) is 13.4 Å². The number of rotatable bonds is 5. The van der Waals surface area contributed by atoms with Gasteiger partial charge in [0.15, 0.2) is 9.84 Å². The van der Waals surface area contributed by atoms with E-state index in [1.54, 1.807) is 17.2 Å². The predicted octanol–water partition coefficient (Wildman–Crippen LogP) is 1.40. The molecule has 8 heteroatoms. The lowest BCUT2D eigenvalue weighted by atomic mass is 10.0. The number of hydrogen-bond acceptors (Lipinski definition) is 6. The molecule has 2 saturated heterocycles. The van der Waals surface area contributed by atoms with Gasteiger partial charge in [-0.1, -0.05) is 12.2 Å². The predicted molar refractivity (Wildman–Crippen MR) is 107 cm³/mol. The van der Waals surface area contributed by atoms with Crippen molar-refractivity contribution in [3.05, 3.63) is 36.0 Å². The summed E-state index contributed by atoms with van der Waals surface area (Å²) >= 11 is 0. The summed E-state index contributed by atoms with van der Waals surface area (Å²) in [4.78, 5) is 20.9. The van der Waals surface area contributed by atoms with E-state index in [1.807, 2.05) is 6.07 Å². The molecule has 1 aromatic heterocycles. The van der Waals surface area contributed by atoms with Crippen LogP contribution >= 0.6 is 0 Å². The molecule has 0 aliphatic carbocycles. The number of likely N-dealkylation sites (tertiary alicyclic amines) is 1. The highest BCUT2D eigenvalue weighted by Gasteiger charge is 2.26. The fraction of sp³-hybridized carbons (Fsp3) is 0.579. The summed E-state index contributed by atoms with van der Waals surface area (Å²) in [6.07, 6.45) is 3.68. The molecular weight excluding hydrogens is 364 g/mol. The van der Waals surface area contributed by atoms with Crippen LogP contribution in [0, 0.1) is 0 Å². The normalized spacial score (nSPS) is 21.0. The maximum Gasteiger partial charge on any atom is 0.255 e. The summed E-state index contributed by atoms with van der Waals surface area (Å²) in [5, 5.41) is 3.45. The molecule has 0 unspecified atom stereocenters. The van der Waals surface area contributed by atoms with Crippen LogP contribution in [0.3, 0.4) is 0 Å². The SMILES string of the molecule is C=C(C)CN1CCC(Nc2ccc(C(=O)N3CCS(=O)(=O)CC3)cn2)CC1. The molecule has 0 saturated carbocycles. The quantitative estimate of drug-likeness (QED) is 0.763. The van der Waals surface area contributed by atoms with E-state index in [2.05, 4.69) is 28.7 Å². The Morgan fingerprint density at radius 2 is 1.89 bits per heavy atom. The van der Waals surface area contributed by atoms with Crippen molar-refractivity contribution in [1.82, 2.24) is 14.8 Å². The maximum absolute atomic E-state index is 12.5. The van der Waals surface area contributed by atoms with E-state index in [1.165, 1.54) is 5.57 Å². The van der Waals surface area contributed by atoms with Crippen LogP contribution in [0.4, 0.5) is 5.82 Å². The van der Waals surface area contributed by atoms with Crippen molar-refractivity contribution in [3.8, 4) is 0 Å². The number of aromatic nitrogens is 1. The molecule has 2 aliphatic rings. The first-order valence-corrected chi connectivity index (χ1v) is 11.2. The fourth-order valence-electron chi connectivity index (χ4n) is 3.53. The molecule has 1 N–H and O–H groups in total. The van der Waals surface area contributed by atoms with Gasteiger partial charge >= 0.3 is 0 Å². The molecular formula is C19H28N4O3S. The van der Waals surface area contributed by atoms with E-state index < -0.39 is 9.84 Å². The van der Waals surface area contributed by atoms with Crippen LogP contribution in [-0.4, -0.2) is 79.4 Å². The highest BCUT2D eigenvalue weighted by molar-refractivity contribution is 7.91. The van der Waals surface area contributed by atoms with Gasteiger partial charge in [-0.2, -0.15) is 0 Å². The summed E-state index contributed by atoms with van der Waals surface area (Å²) in [5.74, 6) is 0.689. The van der Waals surface area contributed by atoms with E-state index in [0.29, 0.717) is 11.6 Å². The third kappa shape index (κ3) is 5.52. The second-order valence-electron chi connectivity index (χ2n) is 7.53. The summed E-state index contributed by atoms with van der Waals surface area (Å²) in [5.41, 5.74) is 1.69. The number of piperidine rings is 1. The Morgan fingerprint density at radius 3 is 2.44 bits per heavy atom. The van der Waals surface area contributed by atoms with Gasteiger partial charge in [-0.05, 0) is 31.9 Å². The topological polar surface area (TPSA) is 82.6 Å². The highest BCUT2D eigenvalue weighted by atomic mass is 32.2. The van der Waals surface area contributed by atoms with Crippen LogP contribution in [0.2, 0.25) is 0 Å². The van der Waals surface area contributed by atoms with Gasteiger partial charge in [0.1, 0.15) is 5.82 Å². The second-order valence-corrected chi connectivity index (χ2v) is 9.83. The number of nitrogens with zero attached hydrogens (tertiary/aromatic N) is 3. The molecule has 7 nitrogen and oxygen atoms in total. The number of nitrogens with one attached hydrogen (secondary N) is 1. The molecule has 2 fully saturated rings. The smallest absolute Gasteiger partial charge is 0.255 e. The van der Waals surface area contributed by atoms with Gasteiger partial charge in [-0.15, -0.1) is 0 Å². The number of anilines is 1. The van der Waals surface area contributed by atoms with E-state index in [4.69, 9.17) is 0 Å². The number of carbonyl (C=O) groups excluding carboxylic acids is 1. The monoisotopic (exact) mass is 392 g/mol. The molecule has 2 aliphatic heterocycles. The Morgan fingerprint density at radius 1 is 1.22 bits per heavy atom.